The monoisotopic (exact) mass is 436 g/mol. The highest BCUT2D eigenvalue weighted by molar-refractivity contribution is 7.71. The second kappa shape index (κ2) is 9.47. The molecule has 6 nitrogen and oxygen atoms in total. The first-order valence-electron chi connectivity index (χ1n) is 10.8. The van der Waals surface area contributed by atoms with Gasteiger partial charge >= 0.3 is 0 Å². The number of nitrogens with one attached hydrogen (secondary N) is 1. The van der Waals surface area contributed by atoms with Gasteiger partial charge in [0.1, 0.15) is 0 Å². The van der Waals surface area contributed by atoms with Gasteiger partial charge < -0.3 is 14.8 Å². The van der Waals surface area contributed by atoms with Crippen molar-refractivity contribution >= 4 is 34.7 Å². The van der Waals surface area contributed by atoms with E-state index in [1.807, 2.05) is 41.3 Å². The van der Waals surface area contributed by atoms with Gasteiger partial charge in [0.25, 0.3) is 5.56 Å². The Hall–Kier alpha value is -2.93. The number of likely N-dealkylation sites (N-methyl/N-ethyl adjacent to an activating group) is 1. The predicted octanol–water partition coefficient (Wildman–Crippen LogP) is 4.10. The Morgan fingerprint density at radius 3 is 2.68 bits per heavy atom. The predicted molar refractivity (Wildman–Crippen MR) is 127 cm³/mol. The lowest BCUT2D eigenvalue weighted by atomic mass is 10.1. The van der Waals surface area contributed by atoms with Crippen molar-refractivity contribution < 1.29 is 4.79 Å². The van der Waals surface area contributed by atoms with Crippen LogP contribution in [-0.2, 0) is 17.9 Å². The van der Waals surface area contributed by atoms with Crippen molar-refractivity contribution in [1.29, 1.82) is 0 Å². The summed E-state index contributed by atoms with van der Waals surface area (Å²) in [5.41, 5.74) is 3.11. The Bertz CT molecular complexity index is 1200. The maximum Gasteiger partial charge on any atom is 0.262 e. The number of hydrogen-bond donors (Lipinski definition) is 1. The standard InChI is InChI=1S/C24H28N4O2S/c1-26-15-16-27(17-18-9-4-7-12-21(18)26)22(29)13-3-2-8-14-28-23(30)19-10-5-6-11-20(19)25-24(28)31/h4-7,9-12H,2-3,8,13-17H2,1H3,(H,25,31). The minimum Gasteiger partial charge on any atom is -0.373 e. The molecule has 0 atom stereocenters. The van der Waals surface area contributed by atoms with E-state index in [1.165, 1.54) is 11.3 Å². The number of nitrogens with zero attached hydrogens (tertiary/aromatic N) is 3. The van der Waals surface area contributed by atoms with E-state index in [2.05, 4.69) is 29.1 Å². The smallest absolute Gasteiger partial charge is 0.262 e. The molecule has 4 rings (SSSR count). The Labute approximate surface area is 187 Å². The molecule has 0 spiro atoms. The molecule has 0 saturated carbocycles. The van der Waals surface area contributed by atoms with Crippen LogP contribution >= 0.6 is 12.2 Å². The molecule has 0 bridgehead atoms. The molecule has 2 heterocycles. The maximum absolute atomic E-state index is 12.8. The van der Waals surface area contributed by atoms with Crippen LogP contribution in [0.4, 0.5) is 5.69 Å². The van der Waals surface area contributed by atoms with Crippen LogP contribution in [0.3, 0.4) is 0 Å². The molecule has 31 heavy (non-hydrogen) atoms. The molecular weight excluding hydrogens is 408 g/mol. The molecule has 0 fully saturated rings. The molecule has 1 aromatic heterocycles. The number of fused-ring (bicyclic) bond motifs is 2. The first kappa shape index (κ1) is 21.3. The zero-order chi connectivity index (χ0) is 21.8. The van der Waals surface area contributed by atoms with Crippen LogP contribution in [0.25, 0.3) is 10.9 Å². The van der Waals surface area contributed by atoms with Gasteiger partial charge in [-0.25, -0.2) is 0 Å². The van der Waals surface area contributed by atoms with Crippen LogP contribution in [0.5, 0.6) is 0 Å². The average Bonchev–Trinajstić information content (AvgIpc) is 2.94. The van der Waals surface area contributed by atoms with E-state index in [1.54, 1.807) is 4.57 Å². The third kappa shape index (κ3) is 4.71. The fourth-order valence-electron chi connectivity index (χ4n) is 4.19. The molecule has 162 valence electrons. The molecular formula is C24H28N4O2S. The van der Waals surface area contributed by atoms with Crippen molar-refractivity contribution in [3.8, 4) is 0 Å². The molecule has 1 aliphatic rings. The van der Waals surface area contributed by atoms with Crippen LogP contribution < -0.4 is 10.5 Å². The highest BCUT2D eigenvalue weighted by atomic mass is 32.1. The number of hydrogen-bond acceptors (Lipinski definition) is 4. The normalized spacial score (nSPS) is 13.8. The minimum absolute atomic E-state index is 0.0530. The van der Waals surface area contributed by atoms with Gasteiger partial charge in [-0.15, -0.1) is 0 Å². The van der Waals surface area contributed by atoms with Crippen LogP contribution in [0.1, 0.15) is 31.2 Å². The van der Waals surface area contributed by atoms with Crippen molar-refractivity contribution in [3.63, 3.8) is 0 Å². The summed E-state index contributed by atoms with van der Waals surface area (Å²) in [6.45, 7) is 2.81. The number of amides is 1. The zero-order valence-corrected chi connectivity index (χ0v) is 18.7. The highest BCUT2D eigenvalue weighted by Gasteiger charge is 2.20. The van der Waals surface area contributed by atoms with E-state index < -0.39 is 0 Å². The number of H-pyrrole nitrogens is 1. The van der Waals surface area contributed by atoms with E-state index >= 15 is 0 Å². The van der Waals surface area contributed by atoms with E-state index in [9.17, 15) is 9.59 Å². The summed E-state index contributed by atoms with van der Waals surface area (Å²) in [6, 6.07) is 15.7. The fourth-order valence-corrected chi connectivity index (χ4v) is 4.47. The Balaban J connectivity index is 1.30. The molecule has 0 radical (unpaired) electrons. The summed E-state index contributed by atoms with van der Waals surface area (Å²) in [4.78, 5) is 32.8. The van der Waals surface area contributed by atoms with Gasteiger partial charge in [-0.3, -0.25) is 14.2 Å². The summed E-state index contributed by atoms with van der Waals surface area (Å²) < 4.78 is 2.08. The molecule has 0 aliphatic carbocycles. The summed E-state index contributed by atoms with van der Waals surface area (Å²) in [5.74, 6) is 0.199. The quantitative estimate of drug-likeness (QED) is 0.467. The van der Waals surface area contributed by atoms with Crippen LogP contribution in [-0.4, -0.2) is 40.5 Å². The number of aromatic nitrogens is 2. The molecule has 0 unspecified atom stereocenters. The number of benzene rings is 2. The van der Waals surface area contributed by atoms with E-state index in [-0.39, 0.29) is 11.5 Å². The number of anilines is 1. The second-order valence-corrected chi connectivity index (χ2v) is 8.50. The fraction of sp³-hybridized carbons (Fsp3) is 0.375. The Morgan fingerprint density at radius 2 is 1.81 bits per heavy atom. The summed E-state index contributed by atoms with van der Waals surface area (Å²) >= 11 is 5.37. The number of rotatable bonds is 6. The lowest BCUT2D eigenvalue weighted by Crippen LogP contribution is -2.34. The lowest BCUT2D eigenvalue weighted by Gasteiger charge is -2.21. The average molecular weight is 437 g/mol. The van der Waals surface area contributed by atoms with E-state index in [4.69, 9.17) is 12.2 Å². The van der Waals surface area contributed by atoms with Gasteiger partial charge in [-0.1, -0.05) is 36.8 Å². The summed E-state index contributed by atoms with van der Waals surface area (Å²) in [6.07, 6.45) is 3.04. The van der Waals surface area contributed by atoms with Crippen LogP contribution in [0.15, 0.2) is 53.3 Å². The van der Waals surface area contributed by atoms with Gasteiger partial charge in [0, 0.05) is 45.3 Å². The minimum atomic E-state index is -0.0530. The van der Waals surface area contributed by atoms with Crippen molar-refractivity contribution in [2.45, 2.75) is 38.8 Å². The molecule has 1 aliphatic heterocycles. The third-order valence-corrected chi connectivity index (χ3v) is 6.31. The SMILES string of the molecule is CN1CCN(C(=O)CCCCCn2c(=S)[nH]c3ccccc3c2=O)Cc2ccccc21. The van der Waals surface area contributed by atoms with Crippen LogP contribution in [0, 0.1) is 4.77 Å². The number of unbranched alkanes of at least 4 members (excludes halogenated alkanes) is 2. The van der Waals surface area contributed by atoms with E-state index in [0.717, 1.165) is 37.9 Å². The lowest BCUT2D eigenvalue weighted by molar-refractivity contribution is -0.131. The second-order valence-electron chi connectivity index (χ2n) is 8.11. The Kier molecular flexibility index (Phi) is 6.51. The van der Waals surface area contributed by atoms with Gasteiger partial charge in [0.15, 0.2) is 4.77 Å². The Morgan fingerprint density at radius 1 is 1.03 bits per heavy atom. The number of aromatic amines is 1. The van der Waals surface area contributed by atoms with Gasteiger partial charge in [0.2, 0.25) is 5.91 Å². The maximum atomic E-state index is 12.8. The summed E-state index contributed by atoms with van der Waals surface area (Å²) in [7, 11) is 2.08. The summed E-state index contributed by atoms with van der Waals surface area (Å²) in [5, 5.41) is 0.651. The molecule has 1 amide bonds. The molecule has 3 aromatic rings. The topological polar surface area (TPSA) is 61.3 Å². The molecule has 2 aromatic carbocycles. The van der Waals surface area contributed by atoms with Gasteiger partial charge in [-0.05, 0) is 48.8 Å². The highest BCUT2D eigenvalue weighted by Crippen LogP contribution is 2.24. The third-order valence-electron chi connectivity index (χ3n) is 5.98. The first-order valence-corrected chi connectivity index (χ1v) is 11.2. The zero-order valence-electron chi connectivity index (χ0n) is 17.8. The largest absolute Gasteiger partial charge is 0.373 e. The van der Waals surface area contributed by atoms with Crippen molar-refractivity contribution in [3.05, 3.63) is 69.2 Å². The molecule has 7 heteroatoms. The van der Waals surface area contributed by atoms with Crippen molar-refractivity contribution in [1.82, 2.24) is 14.5 Å². The molecule has 1 N–H and O–H groups in total. The van der Waals surface area contributed by atoms with Crippen molar-refractivity contribution in [2.24, 2.45) is 0 Å². The number of para-hydroxylation sites is 2. The van der Waals surface area contributed by atoms with Crippen molar-refractivity contribution in [2.75, 3.05) is 25.0 Å². The van der Waals surface area contributed by atoms with Crippen LogP contribution in [0.2, 0.25) is 0 Å². The van der Waals surface area contributed by atoms with Gasteiger partial charge in [0.05, 0.1) is 10.9 Å². The first-order chi connectivity index (χ1) is 15.0. The van der Waals surface area contributed by atoms with Gasteiger partial charge in [-0.2, -0.15) is 0 Å². The molecule has 0 saturated heterocycles. The number of carbonyl (C=O) groups excluding carboxylic acids is 1. The number of carbonyl (C=O) groups is 1. The van der Waals surface area contributed by atoms with E-state index in [0.29, 0.717) is 29.7 Å².